The van der Waals surface area contributed by atoms with Crippen LogP contribution in [-0.2, 0) is 14.3 Å². The largest absolute Gasteiger partial charge is 0.469 e. The lowest BCUT2D eigenvalue weighted by Gasteiger charge is -2.16. The van der Waals surface area contributed by atoms with E-state index in [0.717, 1.165) is 30.5 Å². The van der Waals surface area contributed by atoms with Gasteiger partial charge in [-0.05, 0) is 37.8 Å². The first kappa shape index (κ1) is 19.6. The van der Waals surface area contributed by atoms with Crippen LogP contribution in [0.1, 0.15) is 42.5 Å². The Bertz CT molecular complexity index is 920. The molecule has 7 nitrogen and oxygen atoms in total. The Labute approximate surface area is 172 Å². The molecule has 0 aliphatic heterocycles. The van der Waals surface area contributed by atoms with Crippen molar-refractivity contribution in [2.75, 3.05) is 12.4 Å². The number of rotatable bonds is 6. The fraction of sp³-hybridized carbons (Fsp3) is 0.429. The van der Waals surface area contributed by atoms with Gasteiger partial charge in [-0.15, -0.1) is 11.3 Å². The molecule has 0 unspecified atom stereocenters. The number of nitrogens with zero attached hydrogens (tertiary/aromatic N) is 1. The van der Waals surface area contributed by atoms with E-state index >= 15 is 0 Å². The zero-order valence-corrected chi connectivity index (χ0v) is 17.0. The predicted molar refractivity (Wildman–Crippen MR) is 110 cm³/mol. The highest BCUT2D eigenvalue weighted by molar-refractivity contribution is 7.14. The zero-order valence-electron chi connectivity index (χ0n) is 16.1. The van der Waals surface area contributed by atoms with Gasteiger partial charge in [0.15, 0.2) is 5.13 Å². The molecule has 0 saturated heterocycles. The van der Waals surface area contributed by atoms with Crippen LogP contribution in [0.25, 0.3) is 11.3 Å². The number of carbonyl (C=O) groups is 3. The number of hydrogen-bond acceptors (Lipinski definition) is 6. The third-order valence-electron chi connectivity index (χ3n) is 5.45. The molecule has 2 amide bonds. The van der Waals surface area contributed by atoms with Crippen molar-refractivity contribution in [2.24, 2.45) is 11.8 Å². The van der Waals surface area contributed by atoms with E-state index in [0.29, 0.717) is 29.6 Å². The molecule has 1 aromatic carbocycles. The Morgan fingerprint density at radius 1 is 1.07 bits per heavy atom. The Hall–Kier alpha value is -2.74. The van der Waals surface area contributed by atoms with Crippen LogP contribution in [0, 0.1) is 11.8 Å². The Morgan fingerprint density at radius 3 is 2.48 bits per heavy atom. The summed E-state index contributed by atoms with van der Waals surface area (Å²) in [6.45, 7) is 0. The fourth-order valence-electron chi connectivity index (χ4n) is 3.66. The van der Waals surface area contributed by atoms with Gasteiger partial charge in [-0.2, -0.15) is 0 Å². The van der Waals surface area contributed by atoms with Crippen molar-refractivity contribution >= 4 is 34.3 Å². The molecule has 2 aromatic rings. The number of benzene rings is 1. The van der Waals surface area contributed by atoms with Crippen LogP contribution in [0.3, 0.4) is 0 Å². The van der Waals surface area contributed by atoms with E-state index in [1.165, 1.54) is 18.4 Å². The van der Waals surface area contributed by atoms with Crippen LogP contribution < -0.4 is 10.6 Å². The highest BCUT2D eigenvalue weighted by Gasteiger charge is 2.38. The fourth-order valence-corrected chi connectivity index (χ4v) is 4.38. The number of aromatic nitrogens is 1. The first-order valence-corrected chi connectivity index (χ1v) is 10.7. The summed E-state index contributed by atoms with van der Waals surface area (Å²) in [5, 5.41) is 8.16. The van der Waals surface area contributed by atoms with Gasteiger partial charge in [-0.3, -0.25) is 14.4 Å². The SMILES string of the molecule is COC(=O)[C@@H]1CCC[C@H]1C(=O)Nc1nc(-c2ccc(C(=O)NC3CC3)cc2)cs1. The molecule has 0 spiro atoms. The van der Waals surface area contributed by atoms with E-state index in [2.05, 4.69) is 15.6 Å². The van der Waals surface area contributed by atoms with Crippen LogP contribution in [0.5, 0.6) is 0 Å². The molecule has 0 bridgehead atoms. The molecule has 0 radical (unpaired) electrons. The molecule has 2 saturated carbocycles. The summed E-state index contributed by atoms with van der Waals surface area (Å²) in [5.41, 5.74) is 2.23. The minimum atomic E-state index is -0.381. The van der Waals surface area contributed by atoms with Gasteiger partial charge < -0.3 is 15.4 Å². The Balaban J connectivity index is 1.39. The van der Waals surface area contributed by atoms with Crippen LogP contribution in [0.4, 0.5) is 5.13 Å². The molecule has 2 aliphatic rings. The number of nitrogens with one attached hydrogen (secondary N) is 2. The zero-order chi connectivity index (χ0) is 20.4. The number of methoxy groups -OCH3 is 1. The number of thiazole rings is 1. The standard InChI is InChI=1S/C21H23N3O4S/c1-28-20(27)16-4-2-3-15(16)19(26)24-21-23-17(11-29-21)12-5-7-13(8-6-12)18(25)22-14-9-10-14/h5-8,11,14-16H,2-4,9-10H2,1H3,(H,22,25)(H,23,24,26)/t15-,16-/m1/s1. The quantitative estimate of drug-likeness (QED) is 0.709. The molecule has 1 heterocycles. The van der Waals surface area contributed by atoms with Gasteiger partial charge in [0, 0.05) is 22.5 Å². The van der Waals surface area contributed by atoms with Crippen molar-refractivity contribution in [2.45, 2.75) is 38.1 Å². The molecule has 29 heavy (non-hydrogen) atoms. The maximum absolute atomic E-state index is 12.6. The van der Waals surface area contributed by atoms with E-state index in [9.17, 15) is 14.4 Å². The van der Waals surface area contributed by atoms with E-state index in [1.54, 1.807) is 12.1 Å². The molecular weight excluding hydrogens is 390 g/mol. The van der Waals surface area contributed by atoms with Gasteiger partial charge in [0.2, 0.25) is 5.91 Å². The van der Waals surface area contributed by atoms with E-state index < -0.39 is 0 Å². The monoisotopic (exact) mass is 413 g/mol. The summed E-state index contributed by atoms with van der Waals surface area (Å²) < 4.78 is 4.82. The van der Waals surface area contributed by atoms with Gasteiger partial charge in [0.25, 0.3) is 5.91 Å². The van der Waals surface area contributed by atoms with Crippen molar-refractivity contribution in [1.29, 1.82) is 0 Å². The molecule has 1 aromatic heterocycles. The van der Waals surface area contributed by atoms with Crippen molar-refractivity contribution in [3.8, 4) is 11.3 Å². The molecule has 2 aliphatic carbocycles. The third-order valence-corrected chi connectivity index (χ3v) is 6.20. The topological polar surface area (TPSA) is 97.4 Å². The maximum Gasteiger partial charge on any atom is 0.309 e. The van der Waals surface area contributed by atoms with E-state index in [4.69, 9.17) is 4.74 Å². The van der Waals surface area contributed by atoms with Crippen molar-refractivity contribution in [1.82, 2.24) is 10.3 Å². The minimum absolute atomic E-state index is 0.0537. The predicted octanol–water partition coefficient (Wildman–Crippen LogP) is 3.23. The summed E-state index contributed by atoms with van der Waals surface area (Å²) in [6, 6.07) is 7.60. The summed E-state index contributed by atoms with van der Waals surface area (Å²) in [4.78, 5) is 41.0. The molecule has 2 fully saturated rings. The van der Waals surface area contributed by atoms with Crippen LogP contribution in [0.15, 0.2) is 29.6 Å². The second kappa shape index (κ2) is 8.32. The minimum Gasteiger partial charge on any atom is -0.469 e. The highest BCUT2D eigenvalue weighted by Crippen LogP contribution is 2.34. The average Bonchev–Trinajstić information content (AvgIpc) is 3.21. The lowest BCUT2D eigenvalue weighted by molar-refractivity contribution is -0.148. The first-order valence-electron chi connectivity index (χ1n) is 9.80. The third kappa shape index (κ3) is 4.48. The van der Waals surface area contributed by atoms with Crippen LogP contribution in [-0.4, -0.2) is 35.9 Å². The maximum atomic E-state index is 12.6. The summed E-state index contributed by atoms with van der Waals surface area (Å²) in [5.74, 6) is -1.32. The van der Waals surface area contributed by atoms with Gasteiger partial charge in [-0.25, -0.2) is 4.98 Å². The number of amides is 2. The Kier molecular flexibility index (Phi) is 5.62. The molecule has 2 N–H and O–H groups in total. The summed E-state index contributed by atoms with van der Waals surface area (Å²) >= 11 is 1.34. The first-order chi connectivity index (χ1) is 14.0. The number of esters is 1. The lowest BCUT2D eigenvalue weighted by atomic mass is 9.95. The second-order valence-corrected chi connectivity index (χ2v) is 8.38. The highest BCUT2D eigenvalue weighted by atomic mass is 32.1. The number of ether oxygens (including phenoxy) is 1. The van der Waals surface area contributed by atoms with Gasteiger partial charge in [0.05, 0.1) is 24.6 Å². The van der Waals surface area contributed by atoms with Crippen molar-refractivity contribution in [3.05, 3.63) is 35.2 Å². The van der Waals surface area contributed by atoms with Crippen molar-refractivity contribution in [3.63, 3.8) is 0 Å². The van der Waals surface area contributed by atoms with Crippen LogP contribution in [0.2, 0.25) is 0 Å². The smallest absolute Gasteiger partial charge is 0.309 e. The lowest BCUT2D eigenvalue weighted by Crippen LogP contribution is -2.30. The molecule has 2 atom stereocenters. The van der Waals surface area contributed by atoms with E-state index in [1.807, 2.05) is 17.5 Å². The normalized spacial score (nSPS) is 20.9. The van der Waals surface area contributed by atoms with Gasteiger partial charge >= 0.3 is 5.97 Å². The second-order valence-electron chi connectivity index (χ2n) is 7.52. The average molecular weight is 413 g/mol. The van der Waals surface area contributed by atoms with Crippen LogP contribution >= 0.6 is 11.3 Å². The Morgan fingerprint density at radius 2 is 1.79 bits per heavy atom. The van der Waals surface area contributed by atoms with E-state index in [-0.39, 0.29) is 29.6 Å². The van der Waals surface area contributed by atoms with Gasteiger partial charge in [-0.1, -0.05) is 18.6 Å². The summed E-state index contributed by atoms with van der Waals surface area (Å²) in [7, 11) is 1.35. The molecule has 4 rings (SSSR count). The van der Waals surface area contributed by atoms with Gasteiger partial charge in [0.1, 0.15) is 0 Å². The number of carbonyl (C=O) groups excluding carboxylic acids is 3. The molecule has 8 heteroatoms. The number of hydrogen-bond donors (Lipinski definition) is 2. The van der Waals surface area contributed by atoms with Crippen molar-refractivity contribution < 1.29 is 19.1 Å². The summed E-state index contributed by atoms with van der Waals surface area (Å²) in [6.07, 6.45) is 4.29. The molecule has 152 valence electrons. The number of anilines is 1. The molecular formula is C21H23N3O4S.